The second kappa shape index (κ2) is 6.92. The van der Waals surface area contributed by atoms with Crippen LogP contribution in [0.1, 0.15) is 6.42 Å². The molecule has 1 aliphatic heterocycles. The third-order valence-corrected chi connectivity index (χ3v) is 2.64. The maximum atomic E-state index is 10.1. The molecule has 106 valence electrons. The summed E-state index contributed by atoms with van der Waals surface area (Å²) in [4.78, 5) is 9.56. The largest absolute Gasteiger partial charge is 0.394 e. The Morgan fingerprint density at radius 3 is 2.50 bits per heavy atom. The molecule has 0 unspecified atom stereocenters. The van der Waals surface area contributed by atoms with E-state index in [1.54, 1.807) is 0 Å². The molecule has 1 fully saturated rings. The minimum Gasteiger partial charge on any atom is -0.394 e. The molecule has 9 nitrogen and oxygen atoms in total. The minimum absolute atomic E-state index is 0.0559. The highest BCUT2D eigenvalue weighted by atomic mass is 16.7. The van der Waals surface area contributed by atoms with Gasteiger partial charge in [0.2, 0.25) is 6.54 Å². The first-order chi connectivity index (χ1) is 8.47. The first-order valence-electron chi connectivity index (χ1n) is 5.51. The molecule has 0 saturated carbocycles. The quantitative estimate of drug-likeness (QED) is 0.234. The summed E-state index contributed by atoms with van der Waals surface area (Å²) in [6.07, 6.45) is -6.50. The van der Waals surface area contributed by atoms with E-state index >= 15 is 0 Å². The summed E-state index contributed by atoms with van der Waals surface area (Å²) in [5, 5.41) is 47.6. The number of nitro groups is 1. The zero-order chi connectivity index (χ0) is 13.7. The van der Waals surface area contributed by atoms with Gasteiger partial charge in [-0.1, -0.05) is 0 Å². The van der Waals surface area contributed by atoms with E-state index in [1.807, 2.05) is 0 Å². The summed E-state index contributed by atoms with van der Waals surface area (Å²) in [5.41, 5.74) is 0. The topological polar surface area (TPSA) is 143 Å². The van der Waals surface area contributed by atoms with Crippen molar-refractivity contribution in [2.24, 2.45) is 0 Å². The molecule has 4 N–H and O–H groups in total. The summed E-state index contributed by atoms with van der Waals surface area (Å²) in [7, 11) is 0. The van der Waals surface area contributed by atoms with Crippen molar-refractivity contribution in [2.45, 2.75) is 37.1 Å². The molecular formula is C9H17NO8. The molecule has 0 amide bonds. The molecule has 0 aromatic carbocycles. The normalized spacial score (nSPS) is 36.6. The van der Waals surface area contributed by atoms with Gasteiger partial charge in [-0.2, -0.15) is 0 Å². The van der Waals surface area contributed by atoms with Gasteiger partial charge in [0.1, 0.15) is 24.4 Å². The SMILES string of the molecule is O=[N+]([O-])CCCO[C@@H]1[C@@H](O)[C@H](O)[C@@H](CO)O[C@H]1O. The molecule has 1 saturated heterocycles. The Kier molecular flexibility index (Phi) is 5.85. The van der Waals surface area contributed by atoms with E-state index < -0.39 is 42.2 Å². The van der Waals surface area contributed by atoms with Crippen molar-refractivity contribution in [1.29, 1.82) is 0 Å². The molecule has 1 heterocycles. The lowest BCUT2D eigenvalue weighted by Gasteiger charge is -2.39. The van der Waals surface area contributed by atoms with Crippen LogP contribution in [0.3, 0.4) is 0 Å². The van der Waals surface area contributed by atoms with Crippen LogP contribution < -0.4 is 0 Å². The zero-order valence-corrected chi connectivity index (χ0v) is 9.58. The van der Waals surface area contributed by atoms with E-state index in [9.17, 15) is 25.4 Å². The average molecular weight is 267 g/mol. The van der Waals surface area contributed by atoms with Crippen molar-refractivity contribution in [1.82, 2.24) is 0 Å². The third kappa shape index (κ3) is 3.83. The Morgan fingerprint density at radius 1 is 1.28 bits per heavy atom. The molecule has 1 rings (SSSR count). The summed E-state index contributed by atoms with van der Waals surface area (Å²) < 4.78 is 9.90. The summed E-state index contributed by atoms with van der Waals surface area (Å²) >= 11 is 0. The Morgan fingerprint density at radius 2 is 1.94 bits per heavy atom. The van der Waals surface area contributed by atoms with Crippen molar-refractivity contribution in [3.8, 4) is 0 Å². The van der Waals surface area contributed by atoms with Crippen LogP contribution in [0, 0.1) is 10.1 Å². The third-order valence-electron chi connectivity index (χ3n) is 2.64. The summed E-state index contributed by atoms with van der Waals surface area (Å²) in [6, 6.07) is 0. The van der Waals surface area contributed by atoms with Crippen LogP contribution in [0.25, 0.3) is 0 Å². The number of ether oxygens (including phenoxy) is 2. The monoisotopic (exact) mass is 267 g/mol. The van der Waals surface area contributed by atoms with Crippen LogP contribution in [0.5, 0.6) is 0 Å². The molecular weight excluding hydrogens is 250 g/mol. The van der Waals surface area contributed by atoms with Crippen molar-refractivity contribution in [2.75, 3.05) is 19.8 Å². The van der Waals surface area contributed by atoms with E-state index in [4.69, 9.17) is 14.6 Å². The van der Waals surface area contributed by atoms with Gasteiger partial charge in [0.05, 0.1) is 13.2 Å². The number of aliphatic hydroxyl groups is 4. The number of hydrogen-bond donors (Lipinski definition) is 4. The highest BCUT2D eigenvalue weighted by Gasteiger charge is 2.44. The van der Waals surface area contributed by atoms with E-state index in [2.05, 4.69) is 0 Å². The smallest absolute Gasteiger partial charge is 0.206 e. The highest BCUT2D eigenvalue weighted by Crippen LogP contribution is 2.22. The van der Waals surface area contributed by atoms with Gasteiger partial charge >= 0.3 is 0 Å². The zero-order valence-electron chi connectivity index (χ0n) is 9.58. The minimum atomic E-state index is -1.50. The fraction of sp³-hybridized carbons (Fsp3) is 1.00. The lowest BCUT2D eigenvalue weighted by atomic mass is 9.99. The first-order valence-corrected chi connectivity index (χ1v) is 5.51. The van der Waals surface area contributed by atoms with Gasteiger partial charge in [-0.3, -0.25) is 10.1 Å². The van der Waals surface area contributed by atoms with Crippen LogP contribution in [-0.4, -0.2) is 75.8 Å². The Hall–Kier alpha value is -0.840. The van der Waals surface area contributed by atoms with E-state index in [1.165, 1.54) is 0 Å². The molecule has 0 spiro atoms. The fourth-order valence-corrected chi connectivity index (χ4v) is 1.66. The predicted molar refractivity (Wildman–Crippen MR) is 56.2 cm³/mol. The predicted octanol–water partition coefficient (Wildman–Crippen LogP) is -2.53. The maximum absolute atomic E-state index is 10.1. The van der Waals surface area contributed by atoms with Crippen LogP contribution >= 0.6 is 0 Å². The Labute approximate surface area is 103 Å². The molecule has 5 atom stereocenters. The van der Waals surface area contributed by atoms with Crippen molar-refractivity contribution in [3.05, 3.63) is 10.1 Å². The second-order valence-corrected chi connectivity index (χ2v) is 3.97. The molecule has 0 aliphatic carbocycles. The van der Waals surface area contributed by atoms with Gasteiger partial charge in [-0.05, 0) is 0 Å². The lowest BCUT2D eigenvalue weighted by Crippen LogP contribution is -2.59. The van der Waals surface area contributed by atoms with Gasteiger partial charge in [-0.15, -0.1) is 0 Å². The Balaban J connectivity index is 2.42. The summed E-state index contributed by atoms with van der Waals surface area (Å²) in [6.45, 7) is -0.898. The van der Waals surface area contributed by atoms with Gasteiger partial charge in [-0.25, -0.2) is 0 Å². The second-order valence-electron chi connectivity index (χ2n) is 3.97. The Bertz CT molecular complexity index is 275. The number of rotatable bonds is 6. The molecule has 1 aliphatic rings. The van der Waals surface area contributed by atoms with Gasteiger partial charge in [0.15, 0.2) is 6.29 Å². The fourth-order valence-electron chi connectivity index (χ4n) is 1.66. The van der Waals surface area contributed by atoms with Crippen molar-refractivity contribution >= 4 is 0 Å². The van der Waals surface area contributed by atoms with Crippen LogP contribution in [0.15, 0.2) is 0 Å². The van der Waals surface area contributed by atoms with Crippen LogP contribution in [0.4, 0.5) is 0 Å². The van der Waals surface area contributed by atoms with Gasteiger partial charge in [0, 0.05) is 11.3 Å². The van der Waals surface area contributed by atoms with E-state index in [-0.39, 0.29) is 19.6 Å². The average Bonchev–Trinajstić information content (AvgIpc) is 2.32. The molecule has 9 heteroatoms. The highest BCUT2D eigenvalue weighted by molar-refractivity contribution is 4.89. The van der Waals surface area contributed by atoms with Crippen molar-refractivity contribution < 1.29 is 34.8 Å². The molecule has 0 bridgehead atoms. The van der Waals surface area contributed by atoms with Crippen LogP contribution in [0.2, 0.25) is 0 Å². The summed E-state index contributed by atoms with van der Waals surface area (Å²) in [5.74, 6) is 0. The molecule has 18 heavy (non-hydrogen) atoms. The van der Waals surface area contributed by atoms with Gasteiger partial charge in [0.25, 0.3) is 0 Å². The first kappa shape index (κ1) is 15.2. The maximum Gasteiger partial charge on any atom is 0.206 e. The van der Waals surface area contributed by atoms with Crippen molar-refractivity contribution in [3.63, 3.8) is 0 Å². The van der Waals surface area contributed by atoms with E-state index in [0.717, 1.165) is 0 Å². The number of aliphatic hydroxyl groups excluding tert-OH is 4. The number of hydrogen-bond acceptors (Lipinski definition) is 8. The molecule has 0 radical (unpaired) electrons. The van der Waals surface area contributed by atoms with Gasteiger partial charge < -0.3 is 29.9 Å². The molecule has 0 aromatic heterocycles. The van der Waals surface area contributed by atoms with Crippen LogP contribution in [-0.2, 0) is 9.47 Å². The molecule has 0 aromatic rings. The number of nitrogens with zero attached hydrogens (tertiary/aromatic N) is 1. The lowest BCUT2D eigenvalue weighted by molar-refractivity contribution is -0.481. The van der Waals surface area contributed by atoms with E-state index in [0.29, 0.717) is 0 Å². The standard InChI is InChI=1S/C9H17NO8/c11-4-5-6(12)7(13)8(9(14)18-5)17-3-1-2-10(15)16/h5-9,11-14H,1-4H2/t5-,6-,7+,8-,9-/m1/s1.